The molecule has 0 aromatic heterocycles. The topological polar surface area (TPSA) is 276 Å². The molecule has 64 heavy (non-hydrogen) atoms. The van der Waals surface area contributed by atoms with E-state index in [4.69, 9.17) is 37.9 Å². The van der Waals surface area contributed by atoms with Crippen LogP contribution < -0.4 is 0 Å². The molecule has 0 spiro atoms. The van der Waals surface area contributed by atoms with Crippen LogP contribution in [0.25, 0.3) is 0 Å². The summed E-state index contributed by atoms with van der Waals surface area (Å²) in [6.45, 7) is 9.43. The molecule has 4 saturated heterocycles. The van der Waals surface area contributed by atoms with Crippen LogP contribution in [0.4, 0.5) is 0 Å². The first-order valence-corrected chi connectivity index (χ1v) is 23.8. The Kier molecular flexibility index (Phi) is 14.7. The van der Waals surface area contributed by atoms with Crippen LogP contribution >= 0.6 is 0 Å². The number of allylic oxidation sites excluding steroid dienone is 1. The molecule has 18 heteroatoms. The molecule has 8 aliphatic rings. The van der Waals surface area contributed by atoms with Crippen molar-refractivity contribution in [2.24, 2.45) is 46.3 Å². The summed E-state index contributed by atoms with van der Waals surface area (Å²) in [6, 6.07) is 0. The number of ether oxygens (including phenoxy) is 8. The Morgan fingerprint density at radius 1 is 0.734 bits per heavy atom. The lowest BCUT2D eigenvalue weighted by molar-refractivity contribution is -0.394. The Morgan fingerprint density at radius 3 is 2.05 bits per heavy atom. The van der Waals surface area contributed by atoms with E-state index in [1.807, 2.05) is 0 Å². The highest BCUT2D eigenvalue weighted by atomic mass is 16.8. The van der Waals surface area contributed by atoms with E-state index < -0.39 is 117 Å². The average Bonchev–Trinajstić information content (AvgIpc) is 3.74. The van der Waals surface area contributed by atoms with Crippen LogP contribution in [0.15, 0.2) is 11.6 Å². The molecule has 0 amide bonds. The van der Waals surface area contributed by atoms with E-state index in [1.54, 1.807) is 7.11 Å². The van der Waals surface area contributed by atoms with Gasteiger partial charge in [0.15, 0.2) is 24.7 Å². The molecule has 0 aromatic carbocycles. The van der Waals surface area contributed by atoms with Crippen LogP contribution in [0.3, 0.4) is 0 Å². The number of fused-ring (bicyclic) bond motifs is 7. The van der Waals surface area contributed by atoms with E-state index >= 15 is 0 Å². The third-order valence-corrected chi connectivity index (χ3v) is 17.7. The highest BCUT2D eigenvalue weighted by molar-refractivity contribution is 5.26. The monoisotopic (exact) mass is 917 g/mol. The van der Waals surface area contributed by atoms with Gasteiger partial charge in [0.25, 0.3) is 0 Å². The molecule has 0 aromatic rings. The average molecular weight is 917 g/mol. The van der Waals surface area contributed by atoms with E-state index in [-0.39, 0.29) is 35.4 Å². The number of hydrogen-bond acceptors (Lipinski definition) is 18. The largest absolute Gasteiger partial charge is 0.396 e. The van der Waals surface area contributed by atoms with Gasteiger partial charge in [-0.1, -0.05) is 39.3 Å². The van der Waals surface area contributed by atoms with Gasteiger partial charge in [0, 0.05) is 26.1 Å². The van der Waals surface area contributed by atoms with Crippen molar-refractivity contribution in [3.05, 3.63) is 11.6 Å². The summed E-state index contributed by atoms with van der Waals surface area (Å²) in [7, 11) is 1.76. The van der Waals surface area contributed by atoms with Gasteiger partial charge in [0.2, 0.25) is 0 Å². The summed E-state index contributed by atoms with van der Waals surface area (Å²) >= 11 is 0. The Hall–Kier alpha value is -0.980. The Labute approximate surface area is 375 Å². The van der Waals surface area contributed by atoms with Crippen molar-refractivity contribution in [2.75, 3.05) is 26.9 Å². The van der Waals surface area contributed by atoms with E-state index in [2.05, 4.69) is 33.8 Å². The number of rotatable bonds is 13. The van der Waals surface area contributed by atoms with Crippen LogP contribution in [0.5, 0.6) is 0 Å². The van der Waals surface area contributed by atoms with Crippen molar-refractivity contribution in [3.63, 3.8) is 0 Å². The minimum Gasteiger partial charge on any atom is -0.396 e. The Bertz CT molecular complexity index is 1620. The zero-order valence-corrected chi connectivity index (χ0v) is 38.1. The standard InChI is InChI=1S/C46H76O18/c1-20(17-47)9-14-46(57-6)21(2)31-28(64-46)16-27-25-8-7-23-15-24(10-12-44(23,4)26(25)11-13-45(27,31)5)59-43-40(63-41-37(55)35(53)32(50)22(3)58-41)39(34(52)30(19-49)61-43)62-42-38(56)36(54)33(51)29(18-48)60-42/h7,20-22,24-43,47-56H,8-19H2,1-6H3/t20-,21-,22-,24-,25+,26-,27-,28-,29+,30+,31-,32-,33+,34+,35+,36-,37+,38+,39-,40+,41-,42-,43-,44-,45-,46+/m0/s1. The lowest BCUT2D eigenvalue weighted by Gasteiger charge is -2.58. The van der Waals surface area contributed by atoms with Gasteiger partial charge in [-0.05, 0) is 98.7 Å². The Morgan fingerprint density at radius 2 is 1.38 bits per heavy atom. The van der Waals surface area contributed by atoms with E-state index in [1.165, 1.54) is 12.5 Å². The number of aliphatic hydroxyl groups is 10. The predicted octanol–water partition coefficient (Wildman–Crippen LogP) is -0.177. The fourth-order valence-electron chi connectivity index (χ4n) is 13.8. The predicted molar refractivity (Wildman–Crippen MR) is 222 cm³/mol. The van der Waals surface area contributed by atoms with Gasteiger partial charge in [0.1, 0.15) is 67.1 Å². The second-order valence-corrected chi connectivity index (χ2v) is 21.1. The van der Waals surface area contributed by atoms with Crippen LogP contribution in [-0.4, -0.2) is 188 Å². The molecule has 0 radical (unpaired) electrons. The molecule has 0 unspecified atom stereocenters. The highest BCUT2D eigenvalue weighted by Crippen LogP contribution is 2.70. The van der Waals surface area contributed by atoms with Gasteiger partial charge in [0.05, 0.1) is 31.5 Å². The summed E-state index contributed by atoms with van der Waals surface area (Å²) in [5, 5.41) is 106. The van der Waals surface area contributed by atoms with Gasteiger partial charge < -0.3 is 89.0 Å². The molecule has 26 atom stereocenters. The molecular formula is C46H76O18. The number of methoxy groups -OCH3 is 1. The maximum absolute atomic E-state index is 11.6. The molecule has 368 valence electrons. The molecule has 18 nitrogen and oxygen atoms in total. The van der Waals surface area contributed by atoms with Crippen molar-refractivity contribution >= 4 is 0 Å². The van der Waals surface area contributed by atoms with Gasteiger partial charge in [-0.25, -0.2) is 0 Å². The zero-order chi connectivity index (χ0) is 46.2. The first-order chi connectivity index (χ1) is 30.4. The quantitative estimate of drug-likeness (QED) is 0.107. The lowest BCUT2D eigenvalue weighted by Crippen LogP contribution is -2.67. The molecule has 4 aliphatic carbocycles. The molecule has 4 heterocycles. The smallest absolute Gasteiger partial charge is 0.187 e. The summed E-state index contributed by atoms with van der Waals surface area (Å²) in [5.74, 6) is 1.57. The van der Waals surface area contributed by atoms with Gasteiger partial charge >= 0.3 is 0 Å². The van der Waals surface area contributed by atoms with Gasteiger partial charge in [-0.2, -0.15) is 0 Å². The van der Waals surface area contributed by atoms with Crippen LogP contribution in [-0.2, 0) is 37.9 Å². The zero-order valence-electron chi connectivity index (χ0n) is 38.1. The van der Waals surface area contributed by atoms with Crippen molar-refractivity contribution in [1.29, 1.82) is 0 Å². The summed E-state index contributed by atoms with van der Waals surface area (Å²) in [5.41, 5.74) is 1.32. The van der Waals surface area contributed by atoms with Crippen LogP contribution in [0.1, 0.15) is 92.4 Å². The molecular weight excluding hydrogens is 840 g/mol. The molecule has 10 N–H and O–H groups in total. The highest BCUT2D eigenvalue weighted by Gasteiger charge is 2.68. The first kappa shape index (κ1) is 49.4. The SMILES string of the molecule is CO[C@]1(CC[C@H](C)CO)O[C@H]2C[C@H]3[C@@H]4CC=C5C[C@@H](O[C@H]6O[C@H](CO)[C@@H](O)[C@H](O[C@@H]7O[C@H](CO)[C@@H](O)[C@H](O)[C@H]7O)[C@H]6O[C@@H]6O[C@@H](C)[C@H](O)[C@@H](O)[C@H]6O)CC[C@]5(C)[C@H]4CC[C@]3(C)[C@H]2[C@@H]1C. The maximum atomic E-state index is 11.6. The molecule has 3 saturated carbocycles. The number of aliphatic hydroxyl groups excluding tert-OH is 10. The van der Waals surface area contributed by atoms with E-state index in [9.17, 15) is 51.1 Å². The Balaban J connectivity index is 1.01. The van der Waals surface area contributed by atoms with Crippen molar-refractivity contribution in [1.82, 2.24) is 0 Å². The van der Waals surface area contributed by atoms with Crippen molar-refractivity contribution in [2.45, 2.75) is 203 Å². The summed E-state index contributed by atoms with van der Waals surface area (Å²) < 4.78 is 49.9. The lowest BCUT2D eigenvalue weighted by atomic mass is 9.47. The third-order valence-electron chi connectivity index (χ3n) is 17.7. The first-order valence-electron chi connectivity index (χ1n) is 23.8. The second kappa shape index (κ2) is 19.1. The molecule has 0 bridgehead atoms. The molecule has 4 aliphatic heterocycles. The summed E-state index contributed by atoms with van der Waals surface area (Å²) in [4.78, 5) is 0. The van der Waals surface area contributed by atoms with E-state index in [0.29, 0.717) is 36.5 Å². The van der Waals surface area contributed by atoms with Crippen molar-refractivity contribution < 1.29 is 89.0 Å². The maximum Gasteiger partial charge on any atom is 0.187 e. The van der Waals surface area contributed by atoms with Crippen LogP contribution in [0, 0.1) is 46.3 Å². The molecule has 8 rings (SSSR count). The second-order valence-electron chi connectivity index (χ2n) is 21.1. The fourth-order valence-corrected chi connectivity index (χ4v) is 13.8. The minimum absolute atomic E-state index is 0.0833. The molecule has 7 fully saturated rings. The van der Waals surface area contributed by atoms with E-state index in [0.717, 1.165) is 44.9 Å². The number of hydrogen-bond donors (Lipinski definition) is 10. The minimum atomic E-state index is -1.85. The van der Waals surface area contributed by atoms with Gasteiger partial charge in [-0.15, -0.1) is 0 Å². The van der Waals surface area contributed by atoms with Crippen LogP contribution in [0.2, 0.25) is 0 Å². The fraction of sp³-hybridized carbons (Fsp3) is 0.957. The summed E-state index contributed by atoms with van der Waals surface area (Å²) in [6.07, 6.45) is -13.5. The van der Waals surface area contributed by atoms with Gasteiger partial charge in [-0.3, -0.25) is 0 Å². The van der Waals surface area contributed by atoms with Crippen molar-refractivity contribution in [3.8, 4) is 0 Å². The normalized spacial score (nSPS) is 54.3. The third kappa shape index (κ3) is 8.37.